The monoisotopic (exact) mass is 304 g/mol. The maximum atomic E-state index is 10.6. The van der Waals surface area contributed by atoms with Crippen LogP contribution in [0.4, 0.5) is 11.4 Å². The highest BCUT2D eigenvalue weighted by molar-refractivity contribution is 8.06. The van der Waals surface area contributed by atoms with Gasteiger partial charge >= 0.3 is 0 Å². The second-order valence-electron chi connectivity index (χ2n) is 3.87. The number of nitrogens with one attached hydrogen (secondary N) is 1. The number of nitrogens with zero attached hydrogens (tertiary/aromatic N) is 1. The van der Waals surface area contributed by atoms with Crippen LogP contribution in [-0.4, -0.2) is 34.0 Å². The van der Waals surface area contributed by atoms with Gasteiger partial charge in [-0.25, -0.2) is 0 Å². The molecule has 0 saturated carbocycles. The lowest BCUT2D eigenvalue weighted by atomic mass is 10.2. The fraction of sp³-hybridized carbons (Fsp3) is 0.455. The molecule has 1 aromatic rings. The summed E-state index contributed by atoms with van der Waals surface area (Å²) >= 11 is 9.94. The fourth-order valence-electron chi connectivity index (χ4n) is 1.64. The van der Waals surface area contributed by atoms with Crippen LogP contribution in [0.1, 0.15) is 0 Å². The zero-order valence-corrected chi connectivity index (χ0v) is 12.0. The zero-order valence-electron chi connectivity index (χ0n) is 9.60. The van der Waals surface area contributed by atoms with Crippen molar-refractivity contribution in [3.05, 3.63) is 33.3 Å². The van der Waals surface area contributed by atoms with Gasteiger partial charge in [-0.1, -0.05) is 11.6 Å². The number of nitro groups is 1. The molecule has 1 heterocycles. The van der Waals surface area contributed by atoms with Crippen LogP contribution in [0.2, 0.25) is 5.02 Å². The largest absolute Gasteiger partial charge is 0.383 e. The van der Waals surface area contributed by atoms with E-state index in [9.17, 15) is 10.1 Å². The number of anilines is 1. The molecule has 1 saturated heterocycles. The van der Waals surface area contributed by atoms with Gasteiger partial charge in [0.05, 0.1) is 15.6 Å². The Morgan fingerprint density at radius 3 is 2.94 bits per heavy atom. The summed E-state index contributed by atoms with van der Waals surface area (Å²) in [6, 6.07) is 4.52. The van der Waals surface area contributed by atoms with E-state index in [4.69, 9.17) is 11.6 Å². The molecule has 1 fully saturated rings. The highest BCUT2D eigenvalue weighted by Gasteiger charge is 2.15. The van der Waals surface area contributed by atoms with E-state index in [0.29, 0.717) is 10.3 Å². The number of hydrogen-bond acceptors (Lipinski definition) is 5. The maximum absolute atomic E-state index is 10.6. The highest BCUT2D eigenvalue weighted by Crippen LogP contribution is 2.28. The zero-order chi connectivity index (χ0) is 13.0. The first kappa shape index (κ1) is 13.8. The summed E-state index contributed by atoms with van der Waals surface area (Å²) in [5, 5.41) is 14.8. The van der Waals surface area contributed by atoms with E-state index in [2.05, 4.69) is 5.32 Å². The molecule has 1 atom stereocenters. The molecule has 4 nitrogen and oxygen atoms in total. The van der Waals surface area contributed by atoms with Crippen LogP contribution in [0.5, 0.6) is 0 Å². The van der Waals surface area contributed by atoms with Crippen molar-refractivity contribution in [3.8, 4) is 0 Å². The summed E-state index contributed by atoms with van der Waals surface area (Å²) in [5.74, 6) is 3.55. The molecule has 1 N–H and O–H groups in total. The second kappa shape index (κ2) is 6.54. The second-order valence-corrected chi connectivity index (χ2v) is 6.84. The van der Waals surface area contributed by atoms with Gasteiger partial charge in [0.25, 0.3) is 5.69 Å². The molecular weight excluding hydrogens is 292 g/mol. The number of thioether (sulfide) groups is 2. The predicted octanol–water partition coefficient (Wildman–Crippen LogP) is 3.51. The van der Waals surface area contributed by atoms with Gasteiger partial charge in [-0.15, -0.1) is 0 Å². The molecule has 1 aromatic carbocycles. The molecule has 1 aliphatic heterocycles. The van der Waals surface area contributed by atoms with Crippen LogP contribution >= 0.6 is 35.1 Å². The minimum atomic E-state index is -0.441. The number of benzene rings is 1. The Morgan fingerprint density at radius 2 is 2.33 bits per heavy atom. The predicted molar refractivity (Wildman–Crippen MR) is 80.2 cm³/mol. The molecule has 2 rings (SSSR count). The van der Waals surface area contributed by atoms with Crippen LogP contribution in [0, 0.1) is 10.1 Å². The third-order valence-electron chi connectivity index (χ3n) is 2.57. The van der Waals surface area contributed by atoms with Gasteiger partial charge in [-0.05, 0) is 6.07 Å². The molecule has 0 radical (unpaired) electrons. The molecule has 1 aliphatic rings. The Balaban J connectivity index is 1.94. The van der Waals surface area contributed by atoms with Gasteiger partial charge in [0, 0.05) is 41.2 Å². The maximum Gasteiger partial charge on any atom is 0.271 e. The molecule has 98 valence electrons. The Labute approximate surface area is 119 Å². The van der Waals surface area contributed by atoms with Crippen molar-refractivity contribution in [2.24, 2.45) is 0 Å². The van der Waals surface area contributed by atoms with Gasteiger partial charge in [0.2, 0.25) is 0 Å². The van der Waals surface area contributed by atoms with E-state index in [1.54, 1.807) is 6.07 Å². The van der Waals surface area contributed by atoms with E-state index in [1.807, 2.05) is 23.5 Å². The van der Waals surface area contributed by atoms with Gasteiger partial charge < -0.3 is 5.32 Å². The van der Waals surface area contributed by atoms with E-state index >= 15 is 0 Å². The minimum Gasteiger partial charge on any atom is -0.383 e. The van der Waals surface area contributed by atoms with E-state index in [-0.39, 0.29) is 5.69 Å². The Bertz CT molecular complexity index is 439. The summed E-state index contributed by atoms with van der Waals surface area (Å²) < 4.78 is 0. The van der Waals surface area contributed by atoms with E-state index in [0.717, 1.165) is 18.0 Å². The number of halogens is 1. The van der Waals surface area contributed by atoms with Gasteiger partial charge in [-0.3, -0.25) is 10.1 Å². The van der Waals surface area contributed by atoms with Crippen LogP contribution < -0.4 is 5.32 Å². The quantitative estimate of drug-likeness (QED) is 0.681. The average molecular weight is 305 g/mol. The van der Waals surface area contributed by atoms with Crippen molar-refractivity contribution in [2.45, 2.75) is 5.25 Å². The van der Waals surface area contributed by atoms with Gasteiger partial charge in [0.1, 0.15) is 0 Å². The summed E-state index contributed by atoms with van der Waals surface area (Å²) in [7, 11) is 0. The van der Waals surface area contributed by atoms with E-state index < -0.39 is 4.92 Å². The molecule has 0 aromatic heterocycles. The lowest BCUT2D eigenvalue weighted by Gasteiger charge is -2.21. The lowest BCUT2D eigenvalue weighted by Crippen LogP contribution is -2.23. The number of nitro benzene ring substituents is 1. The molecule has 18 heavy (non-hydrogen) atoms. The van der Waals surface area contributed by atoms with Crippen LogP contribution in [-0.2, 0) is 0 Å². The topological polar surface area (TPSA) is 55.2 Å². The van der Waals surface area contributed by atoms with Crippen LogP contribution in [0.3, 0.4) is 0 Å². The summed E-state index contributed by atoms with van der Waals surface area (Å²) in [5.41, 5.74) is 0.784. The number of hydrogen-bond donors (Lipinski definition) is 1. The standard InChI is InChI=1S/C11H13ClN2O2S2/c12-10-5-8(14(15)16)1-2-11(10)13-6-9-7-17-3-4-18-9/h1-2,5,9,13H,3-4,6-7H2. The smallest absolute Gasteiger partial charge is 0.271 e. The van der Waals surface area contributed by atoms with Crippen molar-refractivity contribution < 1.29 is 4.92 Å². The van der Waals surface area contributed by atoms with Crippen molar-refractivity contribution in [1.82, 2.24) is 0 Å². The molecular formula is C11H13ClN2O2S2. The van der Waals surface area contributed by atoms with Crippen molar-refractivity contribution in [3.63, 3.8) is 0 Å². The van der Waals surface area contributed by atoms with Crippen LogP contribution in [0.15, 0.2) is 18.2 Å². The van der Waals surface area contributed by atoms with E-state index in [1.165, 1.54) is 23.6 Å². The first-order chi connectivity index (χ1) is 8.66. The van der Waals surface area contributed by atoms with Crippen molar-refractivity contribution >= 4 is 46.5 Å². The molecule has 0 aliphatic carbocycles. The lowest BCUT2D eigenvalue weighted by molar-refractivity contribution is -0.384. The fourth-order valence-corrected chi connectivity index (χ4v) is 4.49. The van der Waals surface area contributed by atoms with Crippen molar-refractivity contribution in [1.29, 1.82) is 0 Å². The van der Waals surface area contributed by atoms with Crippen molar-refractivity contribution in [2.75, 3.05) is 29.1 Å². The number of non-ortho nitro benzene ring substituents is 1. The summed E-state index contributed by atoms with van der Waals surface area (Å²) in [4.78, 5) is 10.1. The molecule has 0 amide bonds. The van der Waals surface area contributed by atoms with Gasteiger partial charge in [0.15, 0.2) is 0 Å². The summed E-state index contributed by atoms with van der Waals surface area (Å²) in [6.45, 7) is 0.842. The first-order valence-electron chi connectivity index (χ1n) is 5.54. The Kier molecular flexibility index (Phi) is 5.03. The van der Waals surface area contributed by atoms with Gasteiger partial charge in [-0.2, -0.15) is 23.5 Å². The molecule has 0 bridgehead atoms. The third-order valence-corrected chi connectivity index (χ3v) is 5.73. The Hall–Kier alpha value is -0.590. The normalized spacial score (nSPS) is 19.5. The van der Waals surface area contributed by atoms with Crippen LogP contribution in [0.25, 0.3) is 0 Å². The first-order valence-corrected chi connectivity index (χ1v) is 8.12. The summed E-state index contributed by atoms with van der Waals surface area (Å²) in [6.07, 6.45) is 0. The number of rotatable bonds is 4. The SMILES string of the molecule is O=[N+]([O-])c1ccc(NCC2CSCCS2)c(Cl)c1. The highest BCUT2D eigenvalue weighted by atomic mass is 35.5. The Morgan fingerprint density at radius 1 is 1.50 bits per heavy atom. The average Bonchev–Trinajstić information content (AvgIpc) is 2.38. The minimum absolute atomic E-state index is 0.0214. The third kappa shape index (κ3) is 3.70. The molecule has 7 heteroatoms. The molecule has 0 spiro atoms. The molecule has 1 unspecified atom stereocenters.